The predicted molar refractivity (Wildman–Crippen MR) is 63.1 cm³/mol. The van der Waals surface area contributed by atoms with Crippen molar-refractivity contribution < 1.29 is 9.90 Å². The van der Waals surface area contributed by atoms with Gasteiger partial charge in [0.25, 0.3) is 0 Å². The van der Waals surface area contributed by atoms with E-state index in [1.807, 2.05) is 13.1 Å². The quantitative estimate of drug-likeness (QED) is 0.726. The molecule has 96 valence electrons. The molecule has 0 spiro atoms. The molecule has 0 amide bonds. The summed E-state index contributed by atoms with van der Waals surface area (Å²) in [6.07, 6.45) is 2.47. The van der Waals surface area contributed by atoms with Crippen molar-refractivity contribution in [2.75, 3.05) is 5.75 Å². The fourth-order valence-corrected chi connectivity index (χ4v) is 2.06. The molecule has 2 heterocycles. The standard InChI is InChI=1S/C9H12N6O2S/c1-14-7(2-4-10-14)3-5-15-9(11-12-13-15)18-6-8(16)17/h2,4H,3,5-6H2,1H3,(H,16,17). The molecule has 2 rings (SSSR count). The number of aromatic nitrogens is 6. The SMILES string of the molecule is Cn1nccc1CCn1nnnc1SCC(=O)O. The molecule has 1 N–H and O–H groups in total. The predicted octanol–water partition coefficient (Wildman–Crippen LogP) is -0.174. The van der Waals surface area contributed by atoms with Crippen molar-refractivity contribution >= 4 is 17.7 Å². The molecule has 0 fully saturated rings. The number of tetrazole rings is 1. The van der Waals surface area contributed by atoms with Crippen LogP contribution in [0.15, 0.2) is 17.4 Å². The molecule has 0 aromatic carbocycles. The molecule has 2 aromatic rings. The average molecular weight is 268 g/mol. The van der Waals surface area contributed by atoms with E-state index in [0.29, 0.717) is 11.7 Å². The van der Waals surface area contributed by atoms with Gasteiger partial charge in [0, 0.05) is 25.4 Å². The van der Waals surface area contributed by atoms with Gasteiger partial charge in [-0.3, -0.25) is 9.48 Å². The first-order valence-electron chi connectivity index (χ1n) is 5.24. The monoisotopic (exact) mass is 268 g/mol. The molecule has 0 unspecified atom stereocenters. The molecule has 0 aliphatic heterocycles. The third kappa shape index (κ3) is 3.06. The van der Waals surface area contributed by atoms with Gasteiger partial charge in [0.2, 0.25) is 5.16 Å². The first-order chi connectivity index (χ1) is 8.66. The number of hydrogen-bond acceptors (Lipinski definition) is 6. The Kier molecular flexibility index (Phi) is 3.92. The Labute approximate surface area is 107 Å². The summed E-state index contributed by atoms with van der Waals surface area (Å²) in [5.41, 5.74) is 1.07. The van der Waals surface area contributed by atoms with Crippen LogP contribution in [0.25, 0.3) is 0 Å². The molecule has 9 heteroatoms. The van der Waals surface area contributed by atoms with Gasteiger partial charge in [0.15, 0.2) is 0 Å². The Morgan fingerprint density at radius 3 is 3.06 bits per heavy atom. The minimum atomic E-state index is -0.888. The third-order valence-corrected chi connectivity index (χ3v) is 3.27. The van der Waals surface area contributed by atoms with E-state index < -0.39 is 5.97 Å². The lowest BCUT2D eigenvalue weighted by Gasteiger charge is -2.03. The summed E-state index contributed by atoms with van der Waals surface area (Å²) in [4.78, 5) is 10.5. The Hall–Kier alpha value is -1.90. The van der Waals surface area contributed by atoms with Gasteiger partial charge in [-0.15, -0.1) is 5.10 Å². The summed E-state index contributed by atoms with van der Waals surface area (Å²) in [7, 11) is 1.87. The number of thioether (sulfide) groups is 1. The second kappa shape index (κ2) is 5.63. The largest absolute Gasteiger partial charge is 0.481 e. The number of carbonyl (C=O) groups is 1. The zero-order valence-corrected chi connectivity index (χ0v) is 10.5. The summed E-state index contributed by atoms with van der Waals surface area (Å²) in [6.45, 7) is 0.592. The highest BCUT2D eigenvalue weighted by atomic mass is 32.2. The normalized spacial score (nSPS) is 10.7. The summed E-state index contributed by atoms with van der Waals surface area (Å²) >= 11 is 1.11. The first kappa shape index (κ1) is 12.6. The van der Waals surface area contributed by atoms with Crippen molar-refractivity contribution in [3.05, 3.63) is 18.0 Å². The van der Waals surface area contributed by atoms with Crippen molar-refractivity contribution in [1.82, 2.24) is 30.0 Å². The maximum atomic E-state index is 10.5. The topological polar surface area (TPSA) is 98.7 Å². The zero-order valence-electron chi connectivity index (χ0n) is 9.72. The molecule has 0 saturated heterocycles. The smallest absolute Gasteiger partial charge is 0.313 e. The minimum Gasteiger partial charge on any atom is -0.481 e. The van der Waals surface area contributed by atoms with Gasteiger partial charge < -0.3 is 5.11 Å². The maximum absolute atomic E-state index is 10.5. The second-order valence-corrected chi connectivity index (χ2v) is 4.51. The van der Waals surface area contributed by atoms with Crippen molar-refractivity contribution in [2.45, 2.75) is 18.1 Å². The van der Waals surface area contributed by atoms with Crippen molar-refractivity contribution in [3.8, 4) is 0 Å². The number of hydrogen-bond donors (Lipinski definition) is 1. The minimum absolute atomic E-state index is 0.0495. The molecular formula is C9H12N6O2S. The summed E-state index contributed by atoms with van der Waals surface area (Å²) in [5.74, 6) is -0.937. The van der Waals surface area contributed by atoms with E-state index >= 15 is 0 Å². The fourth-order valence-electron chi connectivity index (χ4n) is 1.43. The number of aliphatic carboxylic acids is 1. The van der Waals surface area contributed by atoms with E-state index in [9.17, 15) is 4.79 Å². The van der Waals surface area contributed by atoms with Gasteiger partial charge in [0.1, 0.15) is 0 Å². The van der Waals surface area contributed by atoms with Gasteiger partial charge in [0.05, 0.1) is 12.3 Å². The zero-order chi connectivity index (χ0) is 13.0. The lowest BCUT2D eigenvalue weighted by molar-refractivity contribution is -0.133. The van der Waals surface area contributed by atoms with Crippen LogP contribution in [0, 0.1) is 0 Å². The van der Waals surface area contributed by atoms with Crippen LogP contribution >= 0.6 is 11.8 Å². The van der Waals surface area contributed by atoms with Gasteiger partial charge in [-0.1, -0.05) is 11.8 Å². The van der Waals surface area contributed by atoms with E-state index in [1.54, 1.807) is 15.6 Å². The Morgan fingerprint density at radius 2 is 2.39 bits per heavy atom. The molecule has 0 atom stereocenters. The molecule has 18 heavy (non-hydrogen) atoms. The number of carboxylic acid groups (broad SMARTS) is 1. The number of carboxylic acids is 1. The highest BCUT2D eigenvalue weighted by Gasteiger charge is 2.09. The van der Waals surface area contributed by atoms with Crippen LogP contribution in [0.4, 0.5) is 0 Å². The second-order valence-electron chi connectivity index (χ2n) is 3.56. The van der Waals surface area contributed by atoms with E-state index in [2.05, 4.69) is 20.6 Å². The molecule has 0 bridgehead atoms. The van der Waals surface area contributed by atoms with Crippen molar-refractivity contribution in [2.24, 2.45) is 7.05 Å². The van der Waals surface area contributed by atoms with Crippen LogP contribution < -0.4 is 0 Å². The van der Waals surface area contributed by atoms with Crippen LogP contribution in [0.3, 0.4) is 0 Å². The van der Waals surface area contributed by atoms with Crippen LogP contribution in [0.5, 0.6) is 0 Å². The first-order valence-corrected chi connectivity index (χ1v) is 6.23. The van der Waals surface area contributed by atoms with Gasteiger partial charge in [-0.05, 0) is 16.5 Å². The third-order valence-electron chi connectivity index (χ3n) is 2.33. The highest BCUT2D eigenvalue weighted by Crippen LogP contribution is 2.13. The van der Waals surface area contributed by atoms with Crippen LogP contribution in [-0.2, 0) is 24.8 Å². The number of rotatable bonds is 6. The molecule has 0 aliphatic carbocycles. The lowest BCUT2D eigenvalue weighted by atomic mass is 10.3. The lowest BCUT2D eigenvalue weighted by Crippen LogP contribution is -2.09. The van der Waals surface area contributed by atoms with Gasteiger partial charge in [-0.2, -0.15) is 5.10 Å². The van der Waals surface area contributed by atoms with E-state index in [1.165, 1.54) is 0 Å². The van der Waals surface area contributed by atoms with E-state index in [0.717, 1.165) is 23.9 Å². The molecule has 2 aromatic heterocycles. The molecule has 8 nitrogen and oxygen atoms in total. The van der Waals surface area contributed by atoms with E-state index in [-0.39, 0.29) is 5.75 Å². The van der Waals surface area contributed by atoms with Gasteiger partial charge in [-0.25, -0.2) is 4.68 Å². The summed E-state index contributed by atoms with van der Waals surface area (Å²) < 4.78 is 3.38. The Balaban J connectivity index is 1.95. The fraction of sp³-hybridized carbons (Fsp3) is 0.444. The van der Waals surface area contributed by atoms with Crippen molar-refractivity contribution in [3.63, 3.8) is 0 Å². The van der Waals surface area contributed by atoms with Crippen LogP contribution in [0.1, 0.15) is 5.69 Å². The molecular weight excluding hydrogens is 256 g/mol. The van der Waals surface area contributed by atoms with E-state index in [4.69, 9.17) is 5.11 Å². The maximum Gasteiger partial charge on any atom is 0.313 e. The van der Waals surface area contributed by atoms with Gasteiger partial charge >= 0.3 is 5.97 Å². The highest BCUT2D eigenvalue weighted by molar-refractivity contribution is 7.99. The Morgan fingerprint density at radius 1 is 1.56 bits per heavy atom. The summed E-state index contributed by atoms with van der Waals surface area (Å²) in [5, 5.41) is 24.4. The number of nitrogens with zero attached hydrogens (tertiary/aromatic N) is 6. The van der Waals surface area contributed by atoms with Crippen LogP contribution in [0.2, 0.25) is 0 Å². The summed E-state index contributed by atoms with van der Waals surface area (Å²) in [6, 6.07) is 1.93. The molecule has 0 saturated carbocycles. The molecule has 0 radical (unpaired) electrons. The molecule has 0 aliphatic rings. The van der Waals surface area contributed by atoms with Crippen molar-refractivity contribution in [1.29, 1.82) is 0 Å². The average Bonchev–Trinajstić information content (AvgIpc) is 2.92. The number of aryl methyl sites for hydroxylation is 3. The Bertz CT molecular complexity index is 537. The van der Waals surface area contributed by atoms with Crippen LogP contribution in [-0.4, -0.2) is 46.8 Å².